The third kappa shape index (κ3) is 5.80. The molecule has 2 heterocycles. The van der Waals surface area contributed by atoms with Gasteiger partial charge in [-0.25, -0.2) is 4.98 Å². The maximum Gasteiger partial charge on any atom is 0.253 e. The average molecular weight is 467 g/mol. The quantitative estimate of drug-likeness (QED) is 0.675. The third-order valence-corrected chi connectivity index (χ3v) is 6.15. The van der Waals surface area contributed by atoms with Crippen LogP contribution in [0.1, 0.15) is 16.8 Å². The number of pyridine rings is 1. The largest absolute Gasteiger partial charge is 0.353 e. The molecule has 6 nitrogen and oxygen atoms in total. The molecule has 0 bridgehead atoms. The summed E-state index contributed by atoms with van der Waals surface area (Å²) in [5.74, 6) is 1.24. The van der Waals surface area contributed by atoms with Gasteiger partial charge in [0, 0.05) is 37.4 Å². The SMILES string of the molecule is CSCC[C@@H](NC(=O)c1ccc(Cl)cc1Cl)C(=O)N1CCN(c2ccccn2)CC1. The second-order valence-corrected chi connectivity index (χ2v) is 8.76. The molecule has 0 radical (unpaired) electrons. The van der Waals surface area contributed by atoms with Crippen LogP contribution < -0.4 is 10.2 Å². The fraction of sp³-hybridized carbons (Fsp3) is 0.381. The van der Waals surface area contributed by atoms with Crippen molar-refractivity contribution in [1.29, 1.82) is 0 Å². The number of hydrogen-bond acceptors (Lipinski definition) is 5. The molecule has 0 aliphatic carbocycles. The zero-order valence-electron chi connectivity index (χ0n) is 16.7. The summed E-state index contributed by atoms with van der Waals surface area (Å²) in [6.07, 6.45) is 4.30. The van der Waals surface area contributed by atoms with Crippen molar-refractivity contribution < 1.29 is 9.59 Å². The maximum atomic E-state index is 13.2. The van der Waals surface area contributed by atoms with Crippen LogP contribution in [-0.2, 0) is 4.79 Å². The summed E-state index contributed by atoms with van der Waals surface area (Å²) < 4.78 is 0. The van der Waals surface area contributed by atoms with E-state index in [1.807, 2.05) is 29.4 Å². The number of piperazine rings is 1. The number of halogens is 2. The van der Waals surface area contributed by atoms with Crippen molar-refractivity contribution in [2.45, 2.75) is 12.5 Å². The Morgan fingerprint density at radius 2 is 1.93 bits per heavy atom. The van der Waals surface area contributed by atoms with E-state index >= 15 is 0 Å². The van der Waals surface area contributed by atoms with Crippen molar-refractivity contribution in [1.82, 2.24) is 15.2 Å². The van der Waals surface area contributed by atoms with Crippen molar-refractivity contribution >= 4 is 52.6 Å². The van der Waals surface area contributed by atoms with E-state index < -0.39 is 6.04 Å². The molecule has 1 aromatic heterocycles. The van der Waals surface area contributed by atoms with Gasteiger partial charge in [0.15, 0.2) is 0 Å². The molecular weight excluding hydrogens is 443 g/mol. The second-order valence-electron chi connectivity index (χ2n) is 6.93. The first kappa shape index (κ1) is 22.7. The van der Waals surface area contributed by atoms with E-state index in [1.165, 1.54) is 6.07 Å². The van der Waals surface area contributed by atoms with Gasteiger partial charge >= 0.3 is 0 Å². The fourth-order valence-corrected chi connectivity index (χ4v) is 4.29. The Bertz CT molecular complexity index is 877. The second kappa shape index (κ2) is 10.9. The van der Waals surface area contributed by atoms with Crippen LogP contribution >= 0.6 is 35.0 Å². The zero-order valence-corrected chi connectivity index (χ0v) is 19.0. The number of nitrogens with one attached hydrogen (secondary N) is 1. The molecule has 9 heteroatoms. The Kier molecular flexibility index (Phi) is 8.24. The van der Waals surface area contributed by atoms with E-state index in [0.717, 1.165) is 11.6 Å². The summed E-state index contributed by atoms with van der Waals surface area (Å²) in [6.45, 7) is 2.58. The summed E-state index contributed by atoms with van der Waals surface area (Å²) in [5, 5.41) is 3.59. The lowest BCUT2D eigenvalue weighted by atomic mass is 10.1. The van der Waals surface area contributed by atoms with Gasteiger partial charge in [0.25, 0.3) is 5.91 Å². The Labute approximate surface area is 190 Å². The molecule has 1 N–H and O–H groups in total. The summed E-state index contributed by atoms with van der Waals surface area (Å²) in [7, 11) is 0. The molecule has 0 spiro atoms. The fourth-order valence-electron chi connectivity index (χ4n) is 3.32. The number of nitrogens with zero attached hydrogens (tertiary/aromatic N) is 3. The lowest BCUT2D eigenvalue weighted by Gasteiger charge is -2.37. The molecule has 2 aromatic rings. The summed E-state index contributed by atoms with van der Waals surface area (Å²) in [4.78, 5) is 34.3. The van der Waals surface area contributed by atoms with Gasteiger partial charge in [-0.1, -0.05) is 29.3 Å². The Morgan fingerprint density at radius 3 is 2.57 bits per heavy atom. The Hall–Kier alpha value is -1.96. The molecule has 30 heavy (non-hydrogen) atoms. The predicted octanol–water partition coefficient (Wildman–Crippen LogP) is 3.59. The predicted molar refractivity (Wildman–Crippen MR) is 124 cm³/mol. The number of thioether (sulfide) groups is 1. The number of aromatic nitrogens is 1. The first-order chi connectivity index (χ1) is 14.5. The zero-order chi connectivity index (χ0) is 21.5. The third-order valence-electron chi connectivity index (χ3n) is 4.95. The highest BCUT2D eigenvalue weighted by Crippen LogP contribution is 2.21. The van der Waals surface area contributed by atoms with Crippen molar-refractivity contribution in [2.24, 2.45) is 0 Å². The average Bonchev–Trinajstić information content (AvgIpc) is 2.76. The highest BCUT2D eigenvalue weighted by molar-refractivity contribution is 7.98. The maximum absolute atomic E-state index is 13.2. The van der Waals surface area contributed by atoms with Crippen molar-refractivity contribution in [3.8, 4) is 0 Å². The molecule has 0 saturated carbocycles. The van der Waals surface area contributed by atoms with Crippen molar-refractivity contribution in [2.75, 3.05) is 43.1 Å². The van der Waals surface area contributed by atoms with Crippen LogP contribution in [-0.4, -0.2) is 65.9 Å². The Balaban J connectivity index is 1.64. The molecule has 2 amide bonds. The van der Waals surface area contributed by atoms with Crippen LogP contribution in [0, 0.1) is 0 Å². The van der Waals surface area contributed by atoms with Gasteiger partial charge in [0.2, 0.25) is 5.91 Å². The van der Waals surface area contributed by atoms with Crippen LogP contribution in [0.2, 0.25) is 10.0 Å². The molecule has 1 aromatic carbocycles. The lowest BCUT2D eigenvalue weighted by Crippen LogP contribution is -2.55. The highest BCUT2D eigenvalue weighted by Gasteiger charge is 2.29. The molecule has 160 valence electrons. The lowest BCUT2D eigenvalue weighted by molar-refractivity contribution is -0.133. The molecule has 1 aliphatic rings. The number of carbonyl (C=O) groups excluding carboxylic acids is 2. The van der Waals surface area contributed by atoms with E-state index in [1.54, 1.807) is 30.1 Å². The number of benzene rings is 1. The standard InChI is InChI=1S/C21H24Cl2N4O2S/c1-30-13-7-18(25-20(28)16-6-5-15(22)14-17(16)23)21(29)27-11-9-26(10-12-27)19-4-2-3-8-24-19/h2-6,8,14,18H,7,9-13H2,1H3,(H,25,28)/t18-/m1/s1. The minimum atomic E-state index is -0.599. The van der Waals surface area contributed by atoms with Crippen LogP contribution in [0.5, 0.6) is 0 Å². The van der Waals surface area contributed by atoms with E-state index in [0.29, 0.717) is 43.2 Å². The van der Waals surface area contributed by atoms with Gasteiger partial charge in [-0.3, -0.25) is 9.59 Å². The minimum absolute atomic E-state index is 0.0665. The molecule has 0 unspecified atom stereocenters. The van der Waals surface area contributed by atoms with Gasteiger partial charge in [-0.05, 0) is 48.8 Å². The summed E-state index contributed by atoms with van der Waals surface area (Å²) in [6, 6.07) is 9.91. The van der Waals surface area contributed by atoms with E-state index in [2.05, 4.69) is 15.2 Å². The van der Waals surface area contributed by atoms with Gasteiger partial charge in [-0.2, -0.15) is 11.8 Å². The van der Waals surface area contributed by atoms with E-state index in [-0.39, 0.29) is 16.8 Å². The van der Waals surface area contributed by atoms with Crippen LogP contribution in [0.3, 0.4) is 0 Å². The van der Waals surface area contributed by atoms with Gasteiger partial charge < -0.3 is 15.1 Å². The number of carbonyl (C=O) groups is 2. The summed E-state index contributed by atoms with van der Waals surface area (Å²) >= 11 is 13.7. The van der Waals surface area contributed by atoms with Crippen molar-refractivity contribution in [3.63, 3.8) is 0 Å². The first-order valence-corrected chi connectivity index (χ1v) is 11.8. The summed E-state index contributed by atoms with van der Waals surface area (Å²) in [5.41, 5.74) is 0.308. The van der Waals surface area contributed by atoms with Crippen LogP contribution in [0.25, 0.3) is 0 Å². The van der Waals surface area contributed by atoms with Crippen LogP contribution in [0.4, 0.5) is 5.82 Å². The van der Waals surface area contributed by atoms with Crippen LogP contribution in [0.15, 0.2) is 42.6 Å². The monoisotopic (exact) mass is 466 g/mol. The Morgan fingerprint density at radius 1 is 1.17 bits per heavy atom. The molecular formula is C21H24Cl2N4O2S. The number of amides is 2. The topological polar surface area (TPSA) is 65.5 Å². The smallest absolute Gasteiger partial charge is 0.253 e. The van der Waals surface area contributed by atoms with Crippen molar-refractivity contribution in [3.05, 3.63) is 58.2 Å². The molecule has 1 atom stereocenters. The number of hydrogen-bond donors (Lipinski definition) is 1. The molecule has 3 rings (SSSR count). The van der Waals surface area contributed by atoms with Gasteiger partial charge in [0.05, 0.1) is 10.6 Å². The minimum Gasteiger partial charge on any atom is -0.353 e. The highest BCUT2D eigenvalue weighted by atomic mass is 35.5. The molecule has 1 fully saturated rings. The molecule has 1 aliphatic heterocycles. The number of rotatable bonds is 7. The number of anilines is 1. The van der Waals surface area contributed by atoms with Gasteiger partial charge in [0.1, 0.15) is 11.9 Å². The normalized spacial score (nSPS) is 15.0. The van der Waals surface area contributed by atoms with E-state index in [4.69, 9.17) is 23.2 Å². The van der Waals surface area contributed by atoms with Gasteiger partial charge in [-0.15, -0.1) is 0 Å². The molecule has 1 saturated heterocycles. The first-order valence-electron chi connectivity index (χ1n) is 9.69. The van der Waals surface area contributed by atoms with E-state index in [9.17, 15) is 9.59 Å².